The largest absolute Gasteiger partial charge is 0.301 e. The van der Waals surface area contributed by atoms with Gasteiger partial charge in [-0.15, -0.1) is 10.2 Å². The smallest absolute Gasteiger partial charge is 0.262 e. The molecule has 3 aromatic heterocycles. The highest BCUT2D eigenvalue weighted by atomic mass is 32.2. The van der Waals surface area contributed by atoms with Crippen LogP contribution in [0.25, 0.3) is 16.7 Å². The second kappa shape index (κ2) is 7.06. The van der Waals surface area contributed by atoms with Crippen LogP contribution in [-0.2, 0) is 4.79 Å². The monoisotopic (exact) mass is 385 g/mol. The molecule has 4 rings (SSSR count). The van der Waals surface area contributed by atoms with Crippen molar-refractivity contribution in [3.05, 3.63) is 52.4 Å². The Kier molecular flexibility index (Phi) is 4.46. The van der Waals surface area contributed by atoms with Gasteiger partial charge in [0.1, 0.15) is 10.9 Å². The molecule has 2 N–H and O–H groups in total. The van der Waals surface area contributed by atoms with E-state index in [1.165, 1.54) is 23.0 Å². The minimum absolute atomic E-state index is 0.0769. The fourth-order valence-corrected chi connectivity index (χ4v) is 3.36. The van der Waals surface area contributed by atoms with Crippen molar-refractivity contribution in [1.29, 1.82) is 0 Å². The Morgan fingerprint density at radius 3 is 2.92 bits per heavy atom. The van der Waals surface area contributed by atoms with Crippen LogP contribution in [0.5, 0.6) is 0 Å². The molecule has 1 amide bonds. The van der Waals surface area contributed by atoms with Gasteiger partial charge in [-0.05, 0) is 12.1 Å². The van der Waals surface area contributed by atoms with Crippen molar-refractivity contribution in [2.45, 2.75) is 5.16 Å². The predicted octanol–water partition coefficient (Wildman–Crippen LogP) is 1.69. The molecule has 0 saturated carbocycles. The minimum atomic E-state index is -0.302. The van der Waals surface area contributed by atoms with Gasteiger partial charge in [0.25, 0.3) is 5.56 Å². The second-order valence-electron chi connectivity index (χ2n) is 5.08. The number of anilines is 1. The van der Waals surface area contributed by atoms with Gasteiger partial charge in [0, 0.05) is 0 Å². The summed E-state index contributed by atoms with van der Waals surface area (Å²) in [5.41, 5.74) is 2.46. The van der Waals surface area contributed by atoms with Gasteiger partial charge in [0.15, 0.2) is 10.8 Å². The molecular weight excluding hydrogens is 374 g/mol. The quantitative estimate of drug-likeness (QED) is 0.396. The van der Waals surface area contributed by atoms with Crippen LogP contribution >= 0.6 is 23.1 Å². The molecule has 0 unspecified atom stereocenters. The highest BCUT2D eigenvalue weighted by Crippen LogP contribution is 2.18. The molecule has 0 aliphatic heterocycles. The van der Waals surface area contributed by atoms with Gasteiger partial charge in [0.05, 0.1) is 17.6 Å². The Hall–Kier alpha value is -3.05. The number of nitrogens with one attached hydrogen (secondary N) is 2. The third-order valence-corrected chi connectivity index (χ3v) is 4.84. The van der Waals surface area contributed by atoms with E-state index in [1.54, 1.807) is 4.68 Å². The summed E-state index contributed by atoms with van der Waals surface area (Å²) in [4.78, 5) is 31.3. The van der Waals surface area contributed by atoms with Crippen LogP contribution in [0.2, 0.25) is 0 Å². The summed E-state index contributed by atoms with van der Waals surface area (Å²) in [7, 11) is 0. The summed E-state index contributed by atoms with van der Waals surface area (Å²) in [6.07, 6.45) is 1.48. The van der Waals surface area contributed by atoms with Crippen molar-refractivity contribution in [2.75, 3.05) is 11.1 Å². The molecule has 1 aromatic carbocycles. The summed E-state index contributed by atoms with van der Waals surface area (Å²) in [5.74, 6) is -0.181. The Morgan fingerprint density at radius 2 is 2.15 bits per heavy atom. The first kappa shape index (κ1) is 16.4. The lowest BCUT2D eigenvalue weighted by molar-refractivity contribution is -0.113. The summed E-state index contributed by atoms with van der Waals surface area (Å²) in [6.45, 7) is 0. The zero-order chi connectivity index (χ0) is 17.9. The Labute approximate surface area is 154 Å². The number of aromatic amines is 1. The van der Waals surface area contributed by atoms with E-state index in [9.17, 15) is 9.59 Å². The van der Waals surface area contributed by atoms with Crippen LogP contribution < -0.4 is 10.9 Å². The summed E-state index contributed by atoms with van der Waals surface area (Å²) < 4.78 is 1.59. The molecule has 0 bridgehead atoms. The molecule has 26 heavy (non-hydrogen) atoms. The van der Waals surface area contributed by atoms with E-state index >= 15 is 0 Å². The number of aromatic nitrogens is 6. The SMILES string of the molecule is O=C(CSc1nc2c(cnn2-c2ccccc2)c(=O)[nH]1)Nc1nncs1. The molecule has 3 heterocycles. The molecular formula is C15H11N7O2S2. The molecule has 0 aliphatic rings. The van der Waals surface area contributed by atoms with Crippen LogP contribution in [0.3, 0.4) is 0 Å². The highest BCUT2D eigenvalue weighted by Gasteiger charge is 2.13. The molecule has 4 aromatic rings. The Balaban J connectivity index is 1.58. The van der Waals surface area contributed by atoms with Crippen LogP contribution in [0.1, 0.15) is 0 Å². The second-order valence-corrected chi connectivity index (χ2v) is 6.88. The predicted molar refractivity (Wildman–Crippen MR) is 98.7 cm³/mol. The van der Waals surface area contributed by atoms with Gasteiger partial charge < -0.3 is 4.98 Å². The number of H-pyrrole nitrogens is 1. The standard InChI is InChI=1S/C15H11N7O2S2/c23-11(18-15-21-16-8-26-15)7-25-14-19-12-10(13(24)20-14)6-17-22(12)9-4-2-1-3-5-9/h1-6,8H,7H2,(H,18,21,23)(H,19,20,24). The number of fused-ring (bicyclic) bond motifs is 1. The zero-order valence-corrected chi connectivity index (χ0v) is 14.8. The number of thioether (sulfide) groups is 1. The number of rotatable bonds is 5. The van der Waals surface area contributed by atoms with Gasteiger partial charge in [-0.3, -0.25) is 14.9 Å². The van der Waals surface area contributed by atoms with Crippen molar-refractivity contribution < 1.29 is 4.79 Å². The number of carbonyl (C=O) groups excluding carboxylic acids is 1. The fourth-order valence-electron chi connectivity index (χ4n) is 2.24. The summed E-state index contributed by atoms with van der Waals surface area (Å²) in [5, 5.41) is 15.4. The maximum atomic E-state index is 12.3. The summed E-state index contributed by atoms with van der Waals surface area (Å²) >= 11 is 2.35. The fraction of sp³-hybridized carbons (Fsp3) is 0.0667. The first-order chi connectivity index (χ1) is 12.7. The van der Waals surface area contributed by atoms with Gasteiger partial charge in [-0.2, -0.15) is 5.10 Å². The number of hydrogen-bond donors (Lipinski definition) is 2. The van der Waals surface area contributed by atoms with Crippen LogP contribution in [0, 0.1) is 0 Å². The van der Waals surface area contributed by atoms with Crippen molar-refractivity contribution >= 4 is 45.2 Å². The molecule has 0 aliphatic carbocycles. The number of para-hydroxylation sites is 1. The van der Waals surface area contributed by atoms with Crippen LogP contribution in [0.4, 0.5) is 5.13 Å². The van der Waals surface area contributed by atoms with E-state index in [2.05, 4.69) is 30.6 Å². The molecule has 9 nitrogen and oxygen atoms in total. The molecule has 130 valence electrons. The zero-order valence-electron chi connectivity index (χ0n) is 13.1. The molecule has 0 fully saturated rings. The number of amides is 1. The lowest BCUT2D eigenvalue weighted by Crippen LogP contribution is -2.15. The molecule has 0 radical (unpaired) electrons. The van der Waals surface area contributed by atoms with Crippen LogP contribution in [-0.4, -0.2) is 41.6 Å². The van der Waals surface area contributed by atoms with E-state index in [0.29, 0.717) is 21.3 Å². The average Bonchev–Trinajstić information content (AvgIpc) is 3.30. The first-order valence-corrected chi connectivity index (χ1v) is 9.29. The molecule has 0 saturated heterocycles. The average molecular weight is 385 g/mol. The van der Waals surface area contributed by atoms with Gasteiger partial charge in [-0.1, -0.05) is 41.3 Å². The summed E-state index contributed by atoms with van der Waals surface area (Å²) in [6, 6.07) is 9.40. The normalized spacial score (nSPS) is 10.9. The van der Waals surface area contributed by atoms with Crippen molar-refractivity contribution in [2.24, 2.45) is 0 Å². The third-order valence-electron chi connectivity index (χ3n) is 3.36. The van der Waals surface area contributed by atoms with Crippen LogP contribution in [0.15, 0.2) is 52.0 Å². The maximum Gasteiger partial charge on any atom is 0.262 e. The van der Waals surface area contributed by atoms with E-state index in [0.717, 1.165) is 17.4 Å². The third kappa shape index (κ3) is 3.34. The van der Waals surface area contributed by atoms with Gasteiger partial charge in [0.2, 0.25) is 11.0 Å². The lowest BCUT2D eigenvalue weighted by Gasteiger charge is -2.04. The van der Waals surface area contributed by atoms with E-state index in [1.807, 2.05) is 30.3 Å². The first-order valence-electron chi connectivity index (χ1n) is 7.43. The minimum Gasteiger partial charge on any atom is -0.301 e. The topological polar surface area (TPSA) is 118 Å². The molecule has 0 atom stereocenters. The highest BCUT2D eigenvalue weighted by molar-refractivity contribution is 7.99. The van der Waals surface area contributed by atoms with Gasteiger partial charge >= 0.3 is 0 Å². The van der Waals surface area contributed by atoms with Gasteiger partial charge in [-0.25, -0.2) is 9.67 Å². The van der Waals surface area contributed by atoms with E-state index in [4.69, 9.17) is 0 Å². The molecule has 11 heteroatoms. The number of benzene rings is 1. The Morgan fingerprint density at radius 1 is 1.31 bits per heavy atom. The number of hydrogen-bond acceptors (Lipinski definition) is 8. The maximum absolute atomic E-state index is 12.3. The number of nitrogens with zero attached hydrogens (tertiary/aromatic N) is 5. The van der Waals surface area contributed by atoms with Crippen molar-refractivity contribution in [3.63, 3.8) is 0 Å². The van der Waals surface area contributed by atoms with Crippen molar-refractivity contribution in [3.8, 4) is 5.69 Å². The van der Waals surface area contributed by atoms with E-state index < -0.39 is 0 Å². The lowest BCUT2D eigenvalue weighted by atomic mass is 10.3. The van der Waals surface area contributed by atoms with Crippen molar-refractivity contribution in [1.82, 2.24) is 29.9 Å². The Bertz CT molecular complexity index is 1110. The molecule has 0 spiro atoms. The van der Waals surface area contributed by atoms with E-state index in [-0.39, 0.29) is 17.2 Å². The number of carbonyl (C=O) groups is 1.